The van der Waals surface area contributed by atoms with E-state index in [2.05, 4.69) is 15.3 Å². The third-order valence-electron chi connectivity index (χ3n) is 2.91. The normalized spacial score (nSPS) is 11.0. The van der Waals surface area contributed by atoms with E-state index in [0.717, 1.165) is 42.0 Å². The van der Waals surface area contributed by atoms with E-state index in [-0.39, 0.29) is 6.10 Å². The summed E-state index contributed by atoms with van der Waals surface area (Å²) in [6.45, 7) is 5.66. The first-order valence-corrected chi connectivity index (χ1v) is 6.85. The van der Waals surface area contributed by atoms with Gasteiger partial charge >= 0.3 is 0 Å². The highest BCUT2D eigenvalue weighted by molar-refractivity contribution is 5.89. The van der Waals surface area contributed by atoms with Crippen molar-refractivity contribution in [2.45, 2.75) is 26.4 Å². The van der Waals surface area contributed by atoms with Crippen molar-refractivity contribution in [2.75, 3.05) is 25.6 Å². The number of methoxy groups -OCH3 is 1. The smallest absolute Gasteiger partial charge is 0.137 e. The molecule has 2 rings (SSSR count). The van der Waals surface area contributed by atoms with E-state index in [4.69, 9.17) is 9.47 Å². The highest BCUT2D eigenvalue weighted by Gasteiger charge is 2.04. The lowest BCUT2D eigenvalue weighted by molar-refractivity contribution is 0.0787. The standard InChI is InChI=1S/C15H21N3O2/c1-11(2)20-8-4-7-16-15-13-6-5-12(19-3)9-14(13)17-10-18-15/h5-6,9-11H,4,7-8H2,1-3H3,(H,16,17,18). The number of nitrogens with one attached hydrogen (secondary N) is 1. The van der Waals surface area contributed by atoms with Gasteiger partial charge in [0.05, 0.1) is 18.7 Å². The number of benzene rings is 1. The Morgan fingerprint density at radius 1 is 1.25 bits per heavy atom. The van der Waals surface area contributed by atoms with E-state index in [1.807, 2.05) is 32.0 Å². The molecule has 108 valence electrons. The summed E-state index contributed by atoms with van der Waals surface area (Å²) in [5.41, 5.74) is 0.875. The number of anilines is 1. The number of fused-ring (bicyclic) bond motifs is 1. The molecule has 0 aliphatic rings. The number of hydrogen-bond donors (Lipinski definition) is 1. The zero-order chi connectivity index (χ0) is 14.4. The van der Waals surface area contributed by atoms with Gasteiger partial charge in [-0.3, -0.25) is 0 Å². The molecule has 0 fully saturated rings. The summed E-state index contributed by atoms with van der Waals surface area (Å²) in [7, 11) is 1.65. The summed E-state index contributed by atoms with van der Waals surface area (Å²) < 4.78 is 10.7. The Bertz CT molecular complexity index is 558. The van der Waals surface area contributed by atoms with Gasteiger partial charge in [-0.2, -0.15) is 0 Å². The van der Waals surface area contributed by atoms with Crippen molar-refractivity contribution >= 4 is 16.7 Å². The van der Waals surface area contributed by atoms with Crippen molar-refractivity contribution in [1.29, 1.82) is 0 Å². The van der Waals surface area contributed by atoms with Crippen LogP contribution in [-0.4, -0.2) is 36.3 Å². The molecule has 0 unspecified atom stereocenters. The molecule has 0 bridgehead atoms. The van der Waals surface area contributed by atoms with E-state index < -0.39 is 0 Å². The number of rotatable bonds is 7. The van der Waals surface area contributed by atoms with Crippen molar-refractivity contribution in [2.24, 2.45) is 0 Å². The number of aromatic nitrogens is 2. The molecule has 0 aliphatic heterocycles. The van der Waals surface area contributed by atoms with Crippen LogP contribution >= 0.6 is 0 Å². The van der Waals surface area contributed by atoms with Gasteiger partial charge < -0.3 is 14.8 Å². The minimum absolute atomic E-state index is 0.280. The van der Waals surface area contributed by atoms with Crippen molar-refractivity contribution in [3.63, 3.8) is 0 Å². The first-order chi connectivity index (χ1) is 9.70. The third-order valence-corrected chi connectivity index (χ3v) is 2.91. The monoisotopic (exact) mass is 275 g/mol. The number of hydrogen-bond acceptors (Lipinski definition) is 5. The topological polar surface area (TPSA) is 56.3 Å². The number of nitrogens with zero attached hydrogens (tertiary/aromatic N) is 2. The molecule has 2 aromatic rings. The van der Waals surface area contributed by atoms with Crippen LogP contribution in [0.4, 0.5) is 5.82 Å². The van der Waals surface area contributed by atoms with Gasteiger partial charge in [-0.05, 0) is 32.4 Å². The van der Waals surface area contributed by atoms with Crippen LogP contribution < -0.4 is 10.1 Å². The average Bonchev–Trinajstić information content (AvgIpc) is 2.46. The maximum atomic E-state index is 5.51. The van der Waals surface area contributed by atoms with Crippen molar-refractivity contribution < 1.29 is 9.47 Å². The quantitative estimate of drug-likeness (QED) is 0.787. The van der Waals surface area contributed by atoms with E-state index in [1.54, 1.807) is 13.4 Å². The van der Waals surface area contributed by atoms with Crippen molar-refractivity contribution in [3.8, 4) is 5.75 Å². The van der Waals surface area contributed by atoms with E-state index >= 15 is 0 Å². The Morgan fingerprint density at radius 2 is 2.10 bits per heavy atom. The zero-order valence-electron chi connectivity index (χ0n) is 12.2. The van der Waals surface area contributed by atoms with Gasteiger partial charge in [0.2, 0.25) is 0 Å². The lowest BCUT2D eigenvalue weighted by atomic mass is 10.2. The SMILES string of the molecule is COc1ccc2c(NCCCOC(C)C)ncnc2c1. The van der Waals surface area contributed by atoms with E-state index in [0.29, 0.717) is 0 Å². The lowest BCUT2D eigenvalue weighted by Crippen LogP contribution is -2.10. The van der Waals surface area contributed by atoms with E-state index in [1.165, 1.54) is 0 Å². The molecule has 1 aromatic heterocycles. The van der Waals surface area contributed by atoms with Gasteiger partial charge in [0.25, 0.3) is 0 Å². The Hall–Kier alpha value is -1.88. The minimum atomic E-state index is 0.280. The van der Waals surface area contributed by atoms with Gasteiger partial charge in [-0.15, -0.1) is 0 Å². The fraction of sp³-hybridized carbons (Fsp3) is 0.467. The molecular weight excluding hydrogens is 254 g/mol. The summed E-state index contributed by atoms with van der Waals surface area (Å²) in [5.74, 6) is 1.65. The third kappa shape index (κ3) is 3.81. The highest BCUT2D eigenvalue weighted by atomic mass is 16.5. The van der Waals surface area contributed by atoms with Gasteiger partial charge in [-0.25, -0.2) is 9.97 Å². The first kappa shape index (κ1) is 14.5. The largest absolute Gasteiger partial charge is 0.497 e. The van der Waals surface area contributed by atoms with Crippen LogP contribution in [0.3, 0.4) is 0 Å². The van der Waals surface area contributed by atoms with Crippen LogP contribution in [0, 0.1) is 0 Å². The van der Waals surface area contributed by atoms with Crippen LogP contribution in [0.1, 0.15) is 20.3 Å². The molecule has 0 aliphatic carbocycles. The second-order valence-electron chi connectivity index (χ2n) is 4.81. The summed E-state index contributed by atoms with van der Waals surface area (Å²) in [5, 5.41) is 4.33. The first-order valence-electron chi connectivity index (χ1n) is 6.85. The Morgan fingerprint density at radius 3 is 2.85 bits per heavy atom. The highest BCUT2D eigenvalue weighted by Crippen LogP contribution is 2.23. The molecule has 20 heavy (non-hydrogen) atoms. The predicted octanol–water partition coefficient (Wildman–Crippen LogP) is 2.87. The molecule has 0 radical (unpaired) electrons. The second kappa shape index (κ2) is 7.05. The summed E-state index contributed by atoms with van der Waals surface area (Å²) >= 11 is 0. The molecule has 1 heterocycles. The molecule has 0 saturated carbocycles. The molecule has 1 aromatic carbocycles. The van der Waals surface area contributed by atoms with Crippen LogP contribution in [0.15, 0.2) is 24.5 Å². The van der Waals surface area contributed by atoms with Gasteiger partial charge in [-0.1, -0.05) is 0 Å². The molecule has 0 amide bonds. The summed E-state index contributed by atoms with van der Waals surface area (Å²) in [6, 6.07) is 5.80. The van der Waals surface area contributed by atoms with Gasteiger partial charge in [0.15, 0.2) is 0 Å². The molecule has 0 atom stereocenters. The van der Waals surface area contributed by atoms with Crippen LogP contribution in [0.5, 0.6) is 5.75 Å². The fourth-order valence-corrected chi connectivity index (χ4v) is 1.90. The molecule has 5 nitrogen and oxygen atoms in total. The Balaban J connectivity index is 1.99. The summed E-state index contributed by atoms with van der Waals surface area (Å²) in [6.07, 6.45) is 2.79. The fourth-order valence-electron chi connectivity index (χ4n) is 1.90. The van der Waals surface area contributed by atoms with Gasteiger partial charge in [0, 0.05) is 24.6 Å². The maximum absolute atomic E-state index is 5.51. The molecule has 5 heteroatoms. The average molecular weight is 275 g/mol. The zero-order valence-corrected chi connectivity index (χ0v) is 12.2. The van der Waals surface area contributed by atoms with Crippen LogP contribution in [0.25, 0.3) is 10.9 Å². The van der Waals surface area contributed by atoms with Gasteiger partial charge in [0.1, 0.15) is 17.9 Å². The van der Waals surface area contributed by atoms with Crippen LogP contribution in [0.2, 0.25) is 0 Å². The molecule has 0 saturated heterocycles. The Kier molecular flexibility index (Phi) is 5.12. The van der Waals surface area contributed by atoms with Crippen LogP contribution in [-0.2, 0) is 4.74 Å². The second-order valence-corrected chi connectivity index (χ2v) is 4.81. The molecule has 0 spiro atoms. The lowest BCUT2D eigenvalue weighted by Gasteiger charge is -2.10. The molecule has 1 N–H and O–H groups in total. The maximum Gasteiger partial charge on any atom is 0.137 e. The molecular formula is C15H21N3O2. The predicted molar refractivity (Wildman–Crippen MR) is 80.3 cm³/mol. The summed E-state index contributed by atoms with van der Waals surface area (Å²) in [4.78, 5) is 8.55. The number of ether oxygens (including phenoxy) is 2. The van der Waals surface area contributed by atoms with Crippen molar-refractivity contribution in [3.05, 3.63) is 24.5 Å². The van der Waals surface area contributed by atoms with Crippen molar-refractivity contribution in [1.82, 2.24) is 9.97 Å². The minimum Gasteiger partial charge on any atom is -0.497 e. The van der Waals surface area contributed by atoms with E-state index in [9.17, 15) is 0 Å². The Labute approximate surface area is 119 Å².